The lowest BCUT2D eigenvalue weighted by molar-refractivity contribution is 1.05. The number of nitrogens with two attached hydrogens (primary N) is 1. The normalized spacial score (nSPS) is 9.25. The van der Waals surface area contributed by atoms with Crippen molar-refractivity contribution in [3.63, 3.8) is 0 Å². The zero-order valence-corrected chi connectivity index (χ0v) is 5.33. The van der Waals surface area contributed by atoms with Crippen molar-refractivity contribution in [2.24, 2.45) is 10.8 Å². The summed E-state index contributed by atoms with van der Waals surface area (Å²) in [5, 5.41) is 3.04. The van der Waals surface area contributed by atoms with Gasteiger partial charge in [-0.15, -0.1) is 0 Å². The Balaban J connectivity index is 3.37. The molecule has 0 aliphatic rings. The van der Waals surface area contributed by atoms with Gasteiger partial charge in [0.05, 0.1) is 0 Å². The van der Waals surface area contributed by atoms with Crippen molar-refractivity contribution in [1.82, 2.24) is 10.7 Å². The van der Waals surface area contributed by atoms with Crippen LogP contribution in [0.4, 0.5) is 0 Å². The molecule has 4 N–H and O–H groups in total. The standard InChI is InChI=1S/C3H8N4S/c1-5-3(8)6-2-7-4/h2H,4H2,1H3,(H2,5,6,7,8). The van der Waals surface area contributed by atoms with Crippen LogP contribution >= 0.6 is 12.2 Å². The lowest BCUT2D eigenvalue weighted by atomic mass is 11.0. The van der Waals surface area contributed by atoms with Crippen LogP contribution < -0.4 is 16.6 Å². The summed E-state index contributed by atoms with van der Waals surface area (Å²) in [7, 11) is 1.69. The van der Waals surface area contributed by atoms with Gasteiger partial charge in [0.2, 0.25) is 0 Å². The summed E-state index contributed by atoms with van der Waals surface area (Å²) < 4.78 is 0. The molecule has 0 spiro atoms. The summed E-state index contributed by atoms with van der Waals surface area (Å²) in [4.78, 5) is 3.62. The Morgan fingerprint density at radius 1 is 1.88 bits per heavy atom. The molecule has 0 aromatic rings. The van der Waals surface area contributed by atoms with Crippen molar-refractivity contribution in [2.75, 3.05) is 7.05 Å². The molecule has 0 aromatic carbocycles. The van der Waals surface area contributed by atoms with Crippen LogP contribution in [0.25, 0.3) is 0 Å². The minimum Gasteiger partial charge on any atom is -0.364 e. The van der Waals surface area contributed by atoms with E-state index in [1.54, 1.807) is 7.05 Å². The van der Waals surface area contributed by atoms with Crippen LogP contribution in [0.15, 0.2) is 4.99 Å². The van der Waals surface area contributed by atoms with Crippen molar-refractivity contribution in [2.45, 2.75) is 0 Å². The van der Waals surface area contributed by atoms with Crippen molar-refractivity contribution >= 4 is 23.7 Å². The largest absolute Gasteiger partial charge is 0.364 e. The van der Waals surface area contributed by atoms with Crippen molar-refractivity contribution < 1.29 is 0 Å². The van der Waals surface area contributed by atoms with Crippen LogP contribution in [0.5, 0.6) is 0 Å². The van der Waals surface area contributed by atoms with Crippen molar-refractivity contribution in [1.29, 1.82) is 0 Å². The van der Waals surface area contributed by atoms with Gasteiger partial charge in [0.1, 0.15) is 6.34 Å². The van der Waals surface area contributed by atoms with E-state index in [1.165, 1.54) is 6.34 Å². The van der Waals surface area contributed by atoms with E-state index in [9.17, 15) is 0 Å². The van der Waals surface area contributed by atoms with Crippen LogP contribution in [0.3, 0.4) is 0 Å². The van der Waals surface area contributed by atoms with E-state index < -0.39 is 0 Å². The molecule has 0 aliphatic carbocycles. The zero-order valence-electron chi connectivity index (χ0n) is 4.51. The molecule has 0 heterocycles. The number of rotatable bonds is 1. The SMILES string of the molecule is CNC(=S)N=CNN. The lowest BCUT2D eigenvalue weighted by Crippen LogP contribution is -2.22. The van der Waals surface area contributed by atoms with Gasteiger partial charge in [-0.1, -0.05) is 0 Å². The Hall–Kier alpha value is -0.680. The van der Waals surface area contributed by atoms with Crippen LogP contribution in [-0.4, -0.2) is 18.5 Å². The highest BCUT2D eigenvalue weighted by atomic mass is 32.1. The molecule has 0 aliphatic heterocycles. The second-order valence-electron chi connectivity index (χ2n) is 0.980. The third-order valence-corrected chi connectivity index (χ3v) is 0.780. The van der Waals surface area contributed by atoms with E-state index in [1.807, 2.05) is 0 Å². The Morgan fingerprint density at radius 2 is 2.50 bits per heavy atom. The first-order chi connectivity index (χ1) is 3.81. The maximum absolute atomic E-state index is 4.84. The summed E-state index contributed by atoms with van der Waals surface area (Å²) in [6.45, 7) is 0. The van der Waals surface area contributed by atoms with Crippen LogP contribution in [-0.2, 0) is 0 Å². The summed E-state index contributed by atoms with van der Waals surface area (Å²) in [5.74, 6) is 4.84. The molecule has 0 rings (SSSR count). The summed E-state index contributed by atoms with van der Waals surface area (Å²) in [6.07, 6.45) is 1.30. The molecule has 0 atom stereocenters. The Labute approximate surface area is 53.1 Å². The molecule has 0 radical (unpaired) electrons. The molecule has 8 heavy (non-hydrogen) atoms. The minimum atomic E-state index is 0.406. The van der Waals surface area contributed by atoms with Gasteiger partial charge in [-0.2, -0.15) is 0 Å². The number of hydrogen-bond acceptors (Lipinski definition) is 2. The molecule has 0 bridgehead atoms. The van der Waals surface area contributed by atoms with Gasteiger partial charge in [-0.3, -0.25) is 0 Å². The Kier molecular flexibility index (Phi) is 4.10. The lowest BCUT2D eigenvalue weighted by Gasteiger charge is -1.90. The third kappa shape index (κ3) is 3.51. The summed E-state index contributed by atoms with van der Waals surface area (Å²) >= 11 is 4.62. The number of hydrogen-bond donors (Lipinski definition) is 3. The van der Waals surface area contributed by atoms with E-state index in [-0.39, 0.29) is 0 Å². The van der Waals surface area contributed by atoms with Gasteiger partial charge in [-0.25, -0.2) is 10.8 Å². The molecule has 0 saturated carbocycles. The van der Waals surface area contributed by atoms with Gasteiger partial charge in [0.25, 0.3) is 0 Å². The molecule has 0 fully saturated rings. The highest BCUT2D eigenvalue weighted by Crippen LogP contribution is 1.66. The molecule has 0 unspecified atom stereocenters. The van der Waals surface area contributed by atoms with E-state index in [0.29, 0.717) is 5.11 Å². The van der Waals surface area contributed by atoms with Gasteiger partial charge >= 0.3 is 0 Å². The van der Waals surface area contributed by atoms with Crippen LogP contribution in [0.2, 0.25) is 0 Å². The molecule has 0 amide bonds. The maximum Gasteiger partial charge on any atom is 0.193 e. The Morgan fingerprint density at radius 3 is 2.88 bits per heavy atom. The molecule has 5 heteroatoms. The van der Waals surface area contributed by atoms with E-state index in [2.05, 4.69) is 28.0 Å². The minimum absolute atomic E-state index is 0.406. The second kappa shape index (κ2) is 4.48. The maximum atomic E-state index is 4.84. The van der Waals surface area contributed by atoms with Crippen molar-refractivity contribution in [3.05, 3.63) is 0 Å². The first-order valence-electron chi connectivity index (χ1n) is 2.01. The Bertz CT molecular complexity index is 99.5. The molecule has 0 aromatic heterocycles. The van der Waals surface area contributed by atoms with Gasteiger partial charge in [0, 0.05) is 7.05 Å². The van der Waals surface area contributed by atoms with Gasteiger partial charge in [-0.05, 0) is 12.2 Å². The van der Waals surface area contributed by atoms with Crippen LogP contribution in [0, 0.1) is 0 Å². The number of thiocarbonyl (C=S) groups is 1. The predicted molar refractivity (Wildman–Crippen MR) is 37.5 cm³/mol. The smallest absolute Gasteiger partial charge is 0.193 e. The number of hydrazine groups is 1. The van der Waals surface area contributed by atoms with Gasteiger partial charge < -0.3 is 10.7 Å². The first kappa shape index (κ1) is 7.32. The monoisotopic (exact) mass is 132 g/mol. The highest BCUT2D eigenvalue weighted by molar-refractivity contribution is 7.80. The van der Waals surface area contributed by atoms with Crippen LogP contribution in [0.1, 0.15) is 0 Å². The molecule has 4 nitrogen and oxygen atoms in total. The molecule has 0 saturated heterocycles. The fraction of sp³-hybridized carbons (Fsp3) is 0.333. The fourth-order valence-corrected chi connectivity index (χ4v) is 0.213. The quantitative estimate of drug-likeness (QED) is 0.140. The first-order valence-corrected chi connectivity index (χ1v) is 2.42. The van der Waals surface area contributed by atoms with Crippen molar-refractivity contribution in [3.8, 4) is 0 Å². The highest BCUT2D eigenvalue weighted by Gasteiger charge is 1.78. The number of aliphatic imine (C=N–C) groups is 1. The zero-order chi connectivity index (χ0) is 6.41. The average molecular weight is 132 g/mol. The van der Waals surface area contributed by atoms with E-state index >= 15 is 0 Å². The number of nitrogens with zero attached hydrogens (tertiary/aromatic N) is 1. The van der Waals surface area contributed by atoms with E-state index in [0.717, 1.165) is 0 Å². The third-order valence-electron chi connectivity index (χ3n) is 0.470. The predicted octanol–water partition coefficient (Wildman–Crippen LogP) is -1.02. The summed E-state index contributed by atoms with van der Waals surface area (Å²) in [6, 6.07) is 0. The summed E-state index contributed by atoms with van der Waals surface area (Å²) in [5.41, 5.74) is 2.21. The van der Waals surface area contributed by atoms with Gasteiger partial charge in [0.15, 0.2) is 5.11 Å². The van der Waals surface area contributed by atoms with E-state index in [4.69, 9.17) is 5.84 Å². The molecule has 46 valence electrons. The average Bonchev–Trinajstić information content (AvgIpc) is 1.83. The topological polar surface area (TPSA) is 62.4 Å². The second-order valence-corrected chi connectivity index (χ2v) is 1.37. The molecular formula is C3H8N4S. The fourth-order valence-electron chi connectivity index (χ4n) is 0.160. The number of nitrogens with one attached hydrogen (secondary N) is 2. The molecular weight excluding hydrogens is 124 g/mol.